The van der Waals surface area contributed by atoms with E-state index in [1.165, 1.54) is 0 Å². The van der Waals surface area contributed by atoms with Crippen LogP contribution in [0.2, 0.25) is 5.02 Å². The smallest absolute Gasteiger partial charge is 0.230 e. The molecule has 1 amide bonds. The summed E-state index contributed by atoms with van der Waals surface area (Å²) >= 11 is 6.58. The van der Waals surface area contributed by atoms with Crippen molar-refractivity contribution in [1.82, 2.24) is 15.2 Å². The topological polar surface area (TPSA) is 72.9 Å². The van der Waals surface area contributed by atoms with Gasteiger partial charge in [0, 0.05) is 49.1 Å². The lowest BCUT2D eigenvalue weighted by Crippen LogP contribution is -2.55. The fourth-order valence-corrected chi connectivity index (χ4v) is 5.47. The maximum atomic E-state index is 14.2. The summed E-state index contributed by atoms with van der Waals surface area (Å²) in [5, 5.41) is 4.12. The van der Waals surface area contributed by atoms with Crippen LogP contribution >= 0.6 is 11.6 Å². The van der Waals surface area contributed by atoms with E-state index in [0.29, 0.717) is 37.2 Å². The Morgan fingerprint density at radius 1 is 1.32 bits per heavy atom. The van der Waals surface area contributed by atoms with E-state index in [0.717, 1.165) is 54.5 Å². The Bertz CT molecular complexity index is 1060. The van der Waals surface area contributed by atoms with Crippen molar-refractivity contribution in [3.05, 3.63) is 57.7 Å². The molecule has 1 saturated carbocycles. The summed E-state index contributed by atoms with van der Waals surface area (Å²) in [6, 6.07) is 8.26. The molecule has 0 bridgehead atoms. The van der Waals surface area contributed by atoms with Gasteiger partial charge < -0.3 is 24.4 Å². The van der Waals surface area contributed by atoms with Gasteiger partial charge in [0.15, 0.2) is 0 Å². The van der Waals surface area contributed by atoms with Crippen molar-refractivity contribution >= 4 is 17.5 Å². The van der Waals surface area contributed by atoms with Gasteiger partial charge in [-0.05, 0) is 55.0 Å². The van der Waals surface area contributed by atoms with Gasteiger partial charge in [0.1, 0.15) is 5.60 Å². The number of amides is 1. The normalized spacial score (nSPS) is 23.7. The molecule has 182 valence electrons. The summed E-state index contributed by atoms with van der Waals surface area (Å²) in [7, 11) is 3.31. The summed E-state index contributed by atoms with van der Waals surface area (Å²) in [4.78, 5) is 20.6. The monoisotopic (exact) mass is 485 g/mol. The van der Waals surface area contributed by atoms with E-state index in [4.69, 9.17) is 25.8 Å². The highest BCUT2D eigenvalue weighted by atomic mass is 35.5. The SMILES string of the molecule is COCCc1ccc(Cl)c(CN(C(=O)[C@H]2CNCC[C@@]23OCc2cnc(OC)cc23)C2CC2)c1. The van der Waals surface area contributed by atoms with E-state index in [1.54, 1.807) is 14.2 Å². The molecule has 8 heteroatoms. The van der Waals surface area contributed by atoms with Crippen LogP contribution in [-0.4, -0.2) is 55.7 Å². The van der Waals surface area contributed by atoms with Crippen LogP contribution in [0, 0.1) is 5.92 Å². The molecule has 1 spiro atoms. The van der Waals surface area contributed by atoms with Gasteiger partial charge in [0.05, 0.1) is 26.2 Å². The lowest BCUT2D eigenvalue weighted by molar-refractivity contribution is -0.157. The van der Waals surface area contributed by atoms with Crippen molar-refractivity contribution in [3.8, 4) is 5.88 Å². The highest BCUT2D eigenvalue weighted by Gasteiger charge is 2.53. The van der Waals surface area contributed by atoms with E-state index in [-0.39, 0.29) is 17.9 Å². The number of carbonyl (C=O) groups is 1. The average molecular weight is 486 g/mol. The third kappa shape index (κ3) is 4.42. The van der Waals surface area contributed by atoms with E-state index < -0.39 is 5.60 Å². The molecule has 2 aromatic rings. The zero-order valence-corrected chi connectivity index (χ0v) is 20.6. The van der Waals surface area contributed by atoms with E-state index in [2.05, 4.69) is 16.4 Å². The number of nitrogens with one attached hydrogen (secondary N) is 1. The van der Waals surface area contributed by atoms with Crippen LogP contribution in [0.15, 0.2) is 30.5 Å². The molecule has 1 aromatic heterocycles. The molecular weight excluding hydrogens is 454 g/mol. The van der Waals surface area contributed by atoms with Crippen LogP contribution in [0.5, 0.6) is 5.88 Å². The Morgan fingerprint density at radius 3 is 2.94 bits per heavy atom. The molecule has 0 unspecified atom stereocenters. The minimum atomic E-state index is -0.662. The molecule has 1 N–H and O–H groups in total. The number of carbonyl (C=O) groups excluding carboxylic acids is 1. The Kier molecular flexibility index (Phi) is 6.80. The van der Waals surface area contributed by atoms with Gasteiger partial charge in [-0.1, -0.05) is 23.7 Å². The maximum Gasteiger partial charge on any atom is 0.230 e. The molecule has 34 heavy (non-hydrogen) atoms. The van der Waals surface area contributed by atoms with E-state index in [1.807, 2.05) is 29.3 Å². The van der Waals surface area contributed by atoms with Crippen LogP contribution < -0.4 is 10.1 Å². The van der Waals surface area contributed by atoms with Crippen molar-refractivity contribution in [2.24, 2.45) is 5.92 Å². The van der Waals surface area contributed by atoms with Crippen LogP contribution in [-0.2, 0) is 39.4 Å². The second kappa shape index (κ2) is 9.82. The predicted octanol–water partition coefficient (Wildman–Crippen LogP) is 3.46. The van der Waals surface area contributed by atoms with Crippen LogP contribution in [0.4, 0.5) is 0 Å². The number of aromatic nitrogens is 1. The van der Waals surface area contributed by atoms with E-state index >= 15 is 0 Å². The zero-order chi connectivity index (χ0) is 23.7. The number of ether oxygens (including phenoxy) is 3. The Hall–Kier alpha value is -2.19. The average Bonchev–Trinajstić information content (AvgIpc) is 3.65. The van der Waals surface area contributed by atoms with Gasteiger partial charge in [-0.3, -0.25) is 4.79 Å². The van der Waals surface area contributed by atoms with E-state index in [9.17, 15) is 4.79 Å². The standard InChI is InChI=1S/C26H32ClN3O4/c1-32-10-7-17-3-6-23(27)18(11-17)15-30(20-4-5-20)25(31)22-14-28-9-8-26(22)21-12-24(33-2)29-13-19(21)16-34-26/h3,6,11-13,20,22,28H,4-5,7-10,14-16H2,1-2H3/t22-,26+/m1/s1. The van der Waals surface area contributed by atoms with Crippen molar-refractivity contribution in [2.75, 3.05) is 33.9 Å². The molecule has 2 fully saturated rings. The molecule has 1 aromatic carbocycles. The molecule has 0 radical (unpaired) electrons. The fraction of sp³-hybridized carbons (Fsp3) is 0.538. The van der Waals surface area contributed by atoms with Gasteiger partial charge >= 0.3 is 0 Å². The number of benzene rings is 1. The van der Waals surface area contributed by atoms with Crippen LogP contribution in [0.3, 0.4) is 0 Å². The van der Waals surface area contributed by atoms with Gasteiger partial charge in [-0.25, -0.2) is 4.98 Å². The van der Waals surface area contributed by atoms with Crippen molar-refractivity contribution in [3.63, 3.8) is 0 Å². The molecule has 1 aliphatic carbocycles. The molecule has 1 saturated heterocycles. The number of piperidine rings is 1. The number of hydrogen-bond donors (Lipinski definition) is 1. The number of hydrogen-bond acceptors (Lipinski definition) is 6. The second-order valence-electron chi connectivity index (χ2n) is 9.43. The summed E-state index contributed by atoms with van der Waals surface area (Å²) in [6.07, 6.45) is 5.41. The van der Waals surface area contributed by atoms with Gasteiger partial charge in [-0.15, -0.1) is 0 Å². The Morgan fingerprint density at radius 2 is 2.18 bits per heavy atom. The molecule has 2 atom stereocenters. The minimum Gasteiger partial charge on any atom is -0.481 e. The first-order valence-electron chi connectivity index (χ1n) is 12.0. The molecule has 3 aliphatic rings. The fourth-order valence-electron chi connectivity index (χ4n) is 5.29. The van der Waals surface area contributed by atoms with Gasteiger partial charge in [0.2, 0.25) is 11.8 Å². The van der Waals surface area contributed by atoms with Crippen molar-refractivity contribution in [1.29, 1.82) is 0 Å². The molecule has 2 aliphatic heterocycles. The lowest BCUT2D eigenvalue weighted by Gasteiger charge is -2.43. The number of rotatable bonds is 8. The van der Waals surface area contributed by atoms with Gasteiger partial charge in [0.25, 0.3) is 0 Å². The number of pyridine rings is 1. The molecular formula is C26H32ClN3O4. The Balaban J connectivity index is 1.44. The summed E-state index contributed by atoms with van der Waals surface area (Å²) in [5.74, 6) is 0.342. The second-order valence-corrected chi connectivity index (χ2v) is 9.84. The van der Waals surface area contributed by atoms with Gasteiger partial charge in [-0.2, -0.15) is 0 Å². The highest BCUT2D eigenvalue weighted by Crippen LogP contribution is 2.48. The first-order valence-corrected chi connectivity index (χ1v) is 12.4. The molecule has 7 nitrogen and oxygen atoms in total. The third-order valence-corrected chi connectivity index (χ3v) is 7.68. The summed E-state index contributed by atoms with van der Waals surface area (Å²) in [6.45, 7) is 2.99. The first kappa shape index (κ1) is 23.5. The van der Waals surface area contributed by atoms with Crippen LogP contribution in [0.1, 0.15) is 41.5 Å². The van der Waals surface area contributed by atoms with Crippen molar-refractivity contribution < 1.29 is 19.0 Å². The molecule has 5 rings (SSSR count). The quantitative estimate of drug-likeness (QED) is 0.617. The summed E-state index contributed by atoms with van der Waals surface area (Å²) in [5.41, 5.74) is 3.55. The minimum absolute atomic E-state index is 0.122. The number of fused-ring (bicyclic) bond motifs is 2. The highest BCUT2D eigenvalue weighted by molar-refractivity contribution is 6.31. The largest absolute Gasteiger partial charge is 0.481 e. The lowest BCUT2D eigenvalue weighted by atomic mass is 9.75. The maximum absolute atomic E-state index is 14.2. The number of halogens is 1. The first-order chi connectivity index (χ1) is 16.6. The van der Waals surface area contributed by atoms with Crippen molar-refractivity contribution in [2.45, 2.75) is 50.5 Å². The number of methoxy groups -OCH3 is 2. The third-order valence-electron chi connectivity index (χ3n) is 7.31. The predicted molar refractivity (Wildman–Crippen MR) is 129 cm³/mol. The Labute approximate surface area is 205 Å². The van der Waals surface area contributed by atoms with Crippen LogP contribution in [0.25, 0.3) is 0 Å². The molecule has 3 heterocycles. The number of nitrogens with zero attached hydrogens (tertiary/aromatic N) is 2. The summed E-state index contributed by atoms with van der Waals surface area (Å²) < 4.78 is 17.1. The zero-order valence-electron chi connectivity index (χ0n) is 19.8.